The number of hydrogen-bond donors (Lipinski definition) is 1. The molecule has 0 spiro atoms. The first-order valence-electron chi connectivity index (χ1n) is 6.79. The fraction of sp³-hybridized carbons (Fsp3) is 0.846. The predicted molar refractivity (Wildman–Crippen MR) is 65.4 cm³/mol. The van der Waals surface area contributed by atoms with Crippen LogP contribution in [0.2, 0.25) is 0 Å². The van der Waals surface area contributed by atoms with E-state index in [1.165, 1.54) is 11.3 Å². The number of imide groups is 1. The monoisotopic (exact) mass is 238 g/mol. The molecule has 1 atom stereocenters. The fourth-order valence-electron chi connectivity index (χ4n) is 2.68. The molecule has 4 heteroatoms. The molecule has 0 aromatic carbocycles. The Morgan fingerprint density at radius 2 is 1.94 bits per heavy atom. The van der Waals surface area contributed by atoms with E-state index in [4.69, 9.17) is 0 Å². The lowest BCUT2D eigenvalue weighted by Crippen LogP contribution is -2.48. The second-order valence-corrected chi connectivity index (χ2v) is 5.12. The molecular weight excluding hydrogens is 216 g/mol. The molecule has 96 valence electrons. The Morgan fingerprint density at radius 3 is 2.41 bits per heavy atom. The lowest BCUT2D eigenvalue weighted by molar-refractivity contribution is -0.141. The highest BCUT2D eigenvalue weighted by molar-refractivity contribution is 6.05. The Morgan fingerprint density at radius 1 is 1.29 bits per heavy atom. The second-order valence-electron chi connectivity index (χ2n) is 5.12. The van der Waals surface area contributed by atoms with Gasteiger partial charge in [-0.3, -0.25) is 14.5 Å². The van der Waals surface area contributed by atoms with Crippen molar-refractivity contribution >= 4 is 11.8 Å². The van der Waals surface area contributed by atoms with E-state index in [-0.39, 0.29) is 23.9 Å². The van der Waals surface area contributed by atoms with Crippen LogP contribution in [0.3, 0.4) is 0 Å². The third-order valence-corrected chi connectivity index (χ3v) is 4.03. The minimum Gasteiger partial charge on any atom is -0.303 e. The van der Waals surface area contributed by atoms with Gasteiger partial charge in [-0.15, -0.1) is 0 Å². The van der Waals surface area contributed by atoms with Gasteiger partial charge in [0.05, 0.1) is 12.5 Å². The van der Waals surface area contributed by atoms with Crippen molar-refractivity contribution in [3.63, 3.8) is 0 Å². The Labute approximate surface area is 103 Å². The van der Waals surface area contributed by atoms with Crippen molar-refractivity contribution in [2.24, 2.45) is 0 Å². The lowest BCUT2D eigenvalue weighted by Gasteiger charge is -2.29. The average molecular weight is 238 g/mol. The second kappa shape index (κ2) is 5.17. The van der Waals surface area contributed by atoms with Crippen LogP contribution in [-0.2, 0) is 9.59 Å². The van der Waals surface area contributed by atoms with Gasteiger partial charge in [-0.2, -0.15) is 0 Å². The third-order valence-electron chi connectivity index (χ3n) is 4.03. The lowest BCUT2D eigenvalue weighted by atomic mass is 9.92. The molecule has 0 aromatic rings. The first-order valence-corrected chi connectivity index (χ1v) is 6.79. The molecule has 0 aromatic heterocycles. The zero-order valence-corrected chi connectivity index (χ0v) is 10.7. The number of hydrogen-bond acceptors (Lipinski definition) is 3. The summed E-state index contributed by atoms with van der Waals surface area (Å²) in [6.07, 6.45) is 5.58. The van der Waals surface area contributed by atoms with Crippen molar-refractivity contribution in [1.29, 1.82) is 0 Å². The zero-order valence-electron chi connectivity index (χ0n) is 10.7. The van der Waals surface area contributed by atoms with Crippen LogP contribution in [0.1, 0.15) is 52.4 Å². The van der Waals surface area contributed by atoms with Crippen molar-refractivity contribution in [3.8, 4) is 0 Å². The molecule has 1 saturated heterocycles. The summed E-state index contributed by atoms with van der Waals surface area (Å²) < 4.78 is 0. The summed E-state index contributed by atoms with van der Waals surface area (Å²) >= 11 is 0. The quantitative estimate of drug-likeness (QED) is 0.737. The standard InChI is InChI=1S/C13H22N2O2/c1-3-10(4-2)15-12(16)8-11(13(15)17)14-9-6-5-7-9/h9-11,14H,3-8H2,1-2H3. The van der Waals surface area contributed by atoms with Crippen LogP contribution in [0.4, 0.5) is 0 Å². The fourth-order valence-corrected chi connectivity index (χ4v) is 2.68. The zero-order chi connectivity index (χ0) is 12.4. The Kier molecular flexibility index (Phi) is 3.82. The highest BCUT2D eigenvalue weighted by Crippen LogP contribution is 2.24. The van der Waals surface area contributed by atoms with Crippen molar-refractivity contribution in [1.82, 2.24) is 10.2 Å². The summed E-state index contributed by atoms with van der Waals surface area (Å²) in [5.41, 5.74) is 0. The van der Waals surface area contributed by atoms with Gasteiger partial charge in [0.1, 0.15) is 0 Å². The van der Waals surface area contributed by atoms with Crippen LogP contribution >= 0.6 is 0 Å². The van der Waals surface area contributed by atoms with Crippen molar-refractivity contribution in [3.05, 3.63) is 0 Å². The first kappa shape index (κ1) is 12.6. The van der Waals surface area contributed by atoms with E-state index >= 15 is 0 Å². The molecule has 1 saturated carbocycles. The predicted octanol–water partition coefficient (Wildman–Crippen LogP) is 1.44. The molecule has 0 bridgehead atoms. The number of carbonyl (C=O) groups excluding carboxylic acids is 2. The normalized spacial score (nSPS) is 25.8. The Balaban J connectivity index is 1.99. The van der Waals surface area contributed by atoms with E-state index in [1.807, 2.05) is 13.8 Å². The number of likely N-dealkylation sites (tertiary alicyclic amines) is 1. The summed E-state index contributed by atoms with van der Waals surface area (Å²) in [7, 11) is 0. The van der Waals surface area contributed by atoms with Gasteiger partial charge in [0.2, 0.25) is 11.8 Å². The number of nitrogens with zero attached hydrogens (tertiary/aromatic N) is 1. The summed E-state index contributed by atoms with van der Waals surface area (Å²) in [5.74, 6) is -0.00359. The van der Waals surface area contributed by atoms with E-state index < -0.39 is 0 Å². The van der Waals surface area contributed by atoms with Crippen molar-refractivity contribution in [2.45, 2.75) is 70.5 Å². The molecule has 1 heterocycles. The molecule has 4 nitrogen and oxygen atoms in total. The van der Waals surface area contributed by atoms with Gasteiger partial charge >= 0.3 is 0 Å². The van der Waals surface area contributed by atoms with E-state index in [1.54, 1.807) is 0 Å². The van der Waals surface area contributed by atoms with Crippen LogP contribution in [0.5, 0.6) is 0 Å². The van der Waals surface area contributed by atoms with Crippen molar-refractivity contribution < 1.29 is 9.59 Å². The Bertz CT molecular complexity index is 309. The number of amides is 2. The highest BCUT2D eigenvalue weighted by atomic mass is 16.2. The minimum atomic E-state index is -0.256. The van der Waals surface area contributed by atoms with Gasteiger partial charge in [0.25, 0.3) is 0 Å². The maximum absolute atomic E-state index is 12.2. The molecule has 1 aliphatic heterocycles. The molecule has 17 heavy (non-hydrogen) atoms. The minimum absolute atomic E-state index is 0.000485. The number of carbonyl (C=O) groups is 2. The van der Waals surface area contributed by atoms with E-state index in [0.29, 0.717) is 12.5 Å². The van der Waals surface area contributed by atoms with Crippen LogP contribution in [0.25, 0.3) is 0 Å². The summed E-state index contributed by atoms with van der Waals surface area (Å²) in [6, 6.07) is 0.287. The maximum Gasteiger partial charge on any atom is 0.247 e. The Hall–Kier alpha value is -0.900. The van der Waals surface area contributed by atoms with Gasteiger partial charge in [-0.05, 0) is 25.7 Å². The number of rotatable bonds is 5. The van der Waals surface area contributed by atoms with Gasteiger partial charge in [0, 0.05) is 12.1 Å². The van der Waals surface area contributed by atoms with E-state index in [0.717, 1.165) is 25.7 Å². The smallest absolute Gasteiger partial charge is 0.247 e. The third kappa shape index (κ3) is 2.37. The van der Waals surface area contributed by atoms with Crippen LogP contribution < -0.4 is 5.32 Å². The SMILES string of the molecule is CCC(CC)N1C(=O)CC(NC2CCC2)C1=O. The van der Waals surface area contributed by atoms with Crippen LogP contribution in [-0.4, -0.2) is 34.8 Å². The van der Waals surface area contributed by atoms with Crippen LogP contribution in [0.15, 0.2) is 0 Å². The summed E-state index contributed by atoms with van der Waals surface area (Å²) in [5, 5.41) is 3.32. The molecule has 2 amide bonds. The van der Waals surface area contributed by atoms with Gasteiger partial charge in [-0.1, -0.05) is 20.3 Å². The topological polar surface area (TPSA) is 49.4 Å². The molecule has 2 fully saturated rings. The maximum atomic E-state index is 12.2. The average Bonchev–Trinajstić information content (AvgIpc) is 2.53. The van der Waals surface area contributed by atoms with Crippen molar-refractivity contribution in [2.75, 3.05) is 0 Å². The largest absolute Gasteiger partial charge is 0.303 e. The van der Waals surface area contributed by atoms with Gasteiger partial charge < -0.3 is 5.32 Å². The molecule has 1 N–H and O–H groups in total. The first-order chi connectivity index (χ1) is 8.17. The van der Waals surface area contributed by atoms with E-state index in [9.17, 15) is 9.59 Å². The number of nitrogens with one attached hydrogen (secondary N) is 1. The molecular formula is C13H22N2O2. The molecule has 1 unspecified atom stereocenters. The molecule has 1 aliphatic carbocycles. The summed E-state index contributed by atoms with van der Waals surface area (Å²) in [6.45, 7) is 4.06. The van der Waals surface area contributed by atoms with Crippen LogP contribution in [0, 0.1) is 0 Å². The molecule has 2 rings (SSSR count). The van der Waals surface area contributed by atoms with E-state index in [2.05, 4.69) is 5.32 Å². The summed E-state index contributed by atoms with van der Waals surface area (Å²) in [4.78, 5) is 25.6. The van der Waals surface area contributed by atoms with Gasteiger partial charge in [-0.25, -0.2) is 0 Å². The van der Waals surface area contributed by atoms with Gasteiger partial charge in [0.15, 0.2) is 0 Å². The highest BCUT2D eigenvalue weighted by Gasteiger charge is 2.42. The molecule has 0 radical (unpaired) electrons. The molecule has 2 aliphatic rings.